The summed E-state index contributed by atoms with van der Waals surface area (Å²) in [5.74, 6) is 0. The zero-order chi connectivity index (χ0) is 8.59. The Hall–Kier alpha value is -0.200. The molecule has 11 heavy (non-hydrogen) atoms. The molecule has 0 heterocycles. The van der Waals surface area contributed by atoms with E-state index in [1.165, 1.54) is 0 Å². The maximum absolute atomic E-state index is 9.14. The van der Waals surface area contributed by atoms with Gasteiger partial charge in [-0.05, 0) is 6.42 Å². The van der Waals surface area contributed by atoms with Crippen LogP contribution in [-0.2, 0) is 0 Å². The Balaban J connectivity index is 2.63. The van der Waals surface area contributed by atoms with Gasteiger partial charge >= 0.3 is 0 Å². The van der Waals surface area contributed by atoms with E-state index in [9.17, 15) is 0 Å². The van der Waals surface area contributed by atoms with Crippen molar-refractivity contribution in [2.75, 3.05) is 0 Å². The predicted octanol–water partition coefficient (Wildman–Crippen LogP) is -2.87. The molecular weight excluding hydrogens is 148 g/mol. The minimum Gasteiger partial charge on any atom is -0.389 e. The molecule has 0 aromatic rings. The minimum absolute atomic E-state index is 0.333. The molecule has 0 saturated heterocycles. The molecule has 0 aromatic heterocycles. The van der Waals surface area contributed by atoms with Crippen LogP contribution in [0, 0.1) is 0 Å². The van der Waals surface area contributed by atoms with Crippen molar-refractivity contribution in [1.82, 2.24) is 0 Å². The summed E-state index contributed by atoms with van der Waals surface area (Å²) in [5.41, 5.74) is 10.8. The molecule has 5 heteroatoms. The highest BCUT2D eigenvalue weighted by atomic mass is 16.4. The Morgan fingerprint density at radius 1 is 0.818 bits per heavy atom. The van der Waals surface area contributed by atoms with E-state index in [1.807, 2.05) is 0 Å². The summed E-state index contributed by atoms with van der Waals surface area (Å²) in [6.07, 6.45) is -3.01. The molecular formula is C6H14N2O3. The first-order valence-corrected chi connectivity index (χ1v) is 3.59. The number of hydrogen-bond acceptors (Lipinski definition) is 5. The monoisotopic (exact) mass is 162 g/mol. The fourth-order valence-electron chi connectivity index (χ4n) is 1.30. The second kappa shape index (κ2) is 3.04. The number of aliphatic hydroxyl groups excluding tert-OH is 3. The standard InChI is InChI=1S/C6H14N2O3/c7-2-1-3(8)5(10)6(11)4(2)9/h2-6,9-11H,1,7-8H2/t2-,3-,4-,5-/m1/s1. The molecule has 66 valence electrons. The third-order valence-electron chi connectivity index (χ3n) is 2.12. The first-order chi connectivity index (χ1) is 5.04. The van der Waals surface area contributed by atoms with Crippen molar-refractivity contribution in [3.05, 3.63) is 0 Å². The van der Waals surface area contributed by atoms with Gasteiger partial charge in [-0.3, -0.25) is 0 Å². The van der Waals surface area contributed by atoms with E-state index in [0.29, 0.717) is 6.42 Å². The third kappa shape index (κ3) is 1.52. The van der Waals surface area contributed by atoms with E-state index in [0.717, 1.165) is 0 Å². The highest BCUT2D eigenvalue weighted by molar-refractivity contribution is 4.96. The lowest BCUT2D eigenvalue weighted by atomic mass is 9.85. The van der Waals surface area contributed by atoms with Gasteiger partial charge in [-0.15, -0.1) is 0 Å². The summed E-state index contributed by atoms with van der Waals surface area (Å²) in [5, 5.41) is 27.4. The Bertz CT molecular complexity index is 130. The molecule has 7 N–H and O–H groups in total. The van der Waals surface area contributed by atoms with Crippen LogP contribution in [0.5, 0.6) is 0 Å². The van der Waals surface area contributed by atoms with E-state index >= 15 is 0 Å². The molecule has 0 aliphatic heterocycles. The molecule has 1 rings (SSSR count). The molecule has 0 radical (unpaired) electrons. The normalized spacial score (nSPS) is 52.6. The number of rotatable bonds is 0. The molecule has 0 bridgehead atoms. The first kappa shape index (κ1) is 8.89. The van der Waals surface area contributed by atoms with Crippen LogP contribution in [0.4, 0.5) is 0 Å². The van der Waals surface area contributed by atoms with Crippen molar-refractivity contribution < 1.29 is 15.3 Å². The maximum atomic E-state index is 9.14. The molecule has 5 nitrogen and oxygen atoms in total. The predicted molar refractivity (Wildman–Crippen MR) is 38.6 cm³/mol. The third-order valence-corrected chi connectivity index (χ3v) is 2.12. The van der Waals surface area contributed by atoms with Gasteiger partial charge in [0.15, 0.2) is 0 Å². The zero-order valence-corrected chi connectivity index (χ0v) is 6.09. The number of aliphatic hydroxyl groups is 3. The van der Waals surface area contributed by atoms with Crippen molar-refractivity contribution in [2.45, 2.75) is 36.8 Å². The summed E-state index contributed by atoms with van der Waals surface area (Å²) >= 11 is 0. The second-order valence-corrected chi connectivity index (χ2v) is 3.04. The minimum atomic E-state index is -1.21. The Morgan fingerprint density at radius 2 is 1.18 bits per heavy atom. The van der Waals surface area contributed by atoms with Gasteiger partial charge < -0.3 is 26.8 Å². The number of hydrogen-bond donors (Lipinski definition) is 5. The average Bonchev–Trinajstić information content (AvgIpc) is 1.97. The molecule has 4 atom stereocenters. The van der Waals surface area contributed by atoms with Gasteiger partial charge in [-0.1, -0.05) is 0 Å². The van der Waals surface area contributed by atoms with Crippen LogP contribution in [0.15, 0.2) is 0 Å². The summed E-state index contributed by atoms with van der Waals surface area (Å²) in [4.78, 5) is 0. The highest BCUT2D eigenvalue weighted by Crippen LogP contribution is 2.17. The smallest absolute Gasteiger partial charge is 0.109 e. The molecule has 0 spiro atoms. The van der Waals surface area contributed by atoms with Crippen LogP contribution >= 0.6 is 0 Å². The van der Waals surface area contributed by atoms with Crippen LogP contribution in [0.2, 0.25) is 0 Å². The molecule has 0 unspecified atom stereocenters. The Labute approximate surface area is 64.6 Å². The van der Waals surface area contributed by atoms with Gasteiger partial charge in [0, 0.05) is 12.1 Å². The fraction of sp³-hybridized carbons (Fsp3) is 1.00. The maximum Gasteiger partial charge on any atom is 0.109 e. The quantitative estimate of drug-likeness (QED) is 0.263. The summed E-state index contributed by atoms with van der Waals surface area (Å²) in [6, 6.07) is -1.08. The van der Waals surface area contributed by atoms with Crippen molar-refractivity contribution in [3.8, 4) is 0 Å². The van der Waals surface area contributed by atoms with Crippen molar-refractivity contribution in [3.63, 3.8) is 0 Å². The van der Waals surface area contributed by atoms with Crippen LogP contribution < -0.4 is 11.5 Å². The van der Waals surface area contributed by atoms with Crippen molar-refractivity contribution in [1.29, 1.82) is 0 Å². The van der Waals surface area contributed by atoms with Gasteiger partial charge in [0.1, 0.15) is 6.10 Å². The Morgan fingerprint density at radius 3 is 1.55 bits per heavy atom. The van der Waals surface area contributed by atoms with Crippen molar-refractivity contribution >= 4 is 0 Å². The lowest BCUT2D eigenvalue weighted by Crippen LogP contribution is -2.61. The number of nitrogens with two attached hydrogens (primary N) is 2. The second-order valence-electron chi connectivity index (χ2n) is 3.04. The first-order valence-electron chi connectivity index (χ1n) is 3.59. The van der Waals surface area contributed by atoms with Gasteiger partial charge in [0.05, 0.1) is 12.2 Å². The molecule has 0 amide bonds. The van der Waals surface area contributed by atoms with Gasteiger partial charge in [0.2, 0.25) is 0 Å². The molecule has 1 aliphatic carbocycles. The van der Waals surface area contributed by atoms with E-state index in [1.54, 1.807) is 0 Å². The van der Waals surface area contributed by atoms with Gasteiger partial charge in [0.25, 0.3) is 0 Å². The molecule has 0 aromatic carbocycles. The largest absolute Gasteiger partial charge is 0.389 e. The molecule has 1 aliphatic rings. The summed E-state index contributed by atoms with van der Waals surface area (Å²) in [7, 11) is 0. The van der Waals surface area contributed by atoms with Crippen LogP contribution in [-0.4, -0.2) is 45.7 Å². The molecule has 1 fully saturated rings. The summed E-state index contributed by atoms with van der Waals surface area (Å²) < 4.78 is 0. The summed E-state index contributed by atoms with van der Waals surface area (Å²) in [6.45, 7) is 0. The SMILES string of the molecule is N[C@@H]1C[C@@H](N)[C@@H](O)C(O)[C@@H]1O. The van der Waals surface area contributed by atoms with Crippen molar-refractivity contribution in [2.24, 2.45) is 11.5 Å². The van der Waals surface area contributed by atoms with Gasteiger partial charge in [-0.2, -0.15) is 0 Å². The topological polar surface area (TPSA) is 113 Å². The van der Waals surface area contributed by atoms with Crippen LogP contribution in [0.25, 0.3) is 0 Å². The van der Waals surface area contributed by atoms with E-state index in [-0.39, 0.29) is 0 Å². The molecule has 1 saturated carbocycles. The Kier molecular flexibility index (Phi) is 2.46. The lowest BCUT2D eigenvalue weighted by molar-refractivity contribution is -0.100. The van der Waals surface area contributed by atoms with Crippen LogP contribution in [0.1, 0.15) is 6.42 Å². The highest BCUT2D eigenvalue weighted by Gasteiger charge is 2.39. The van der Waals surface area contributed by atoms with E-state index in [4.69, 9.17) is 26.8 Å². The zero-order valence-electron chi connectivity index (χ0n) is 6.09. The van der Waals surface area contributed by atoms with E-state index < -0.39 is 30.4 Å². The van der Waals surface area contributed by atoms with Crippen LogP contribution in [0.3, 0.4) is 0 Å². The van der Waals surface area contributed by atoms with E-state index in [2.05, 4.69) is 0 Å². The average molecular weight is 162 g/mol. The lowest BCUT2D eigenvalue weighted by Gasteiger charge is -2.37. The van der Waals surface area contributed by atoms with Gasteiger partial charge in [-0.25, -0.2) is 0 Å². The fourth-order valence-corrected chi connectivity index (χ4v) is 1.30.